The van der Waals surface area contributed by atoms with Crippen LogP contribution in [-0.2, 0) is 6.54 Å². The molecule has 1 heterocycles. The number of rotatable bonds is 5. The van der Waals surface area contributed by atoms with E-state index in [2.05, 4.69) is 9.88 Å². The van der Waals surface area contributed by atoms with Crippen LogP contribution >= 0.6 is 0 Å². The summed E-state index contributed by atoms with van der Waals surface area (Å²) in [6.45, 7) is 2.68. The molecule has 2 aromatic rings. The van der Waals surface area contributed by atoms with Gasteiger partial charge in [0.15, 0.2) is 0 Å². The molecule has 0 aliphatic carbocycles. The van der Waals surface area contributed by atoms with E-state index in [9.17, 15) is 4.39 Å². The summed E-state index contributed by atoms with van der Waals surface area (Å²) < 4.78 is 13.4. The SMILES string of the molecule is CC(N)C(c1cccc(F)c1)N(C)Cc1ccncc1. The highest BCUT2D eigenvalue weighted by atomic mass is 19.1. The van der Waals surface area contributed by atoms with Gasteiger partial charge in [-0.25, -0.2) is 4.39 Å². The zero-order valence-corrected chi connectivity index (χ0v) is 11.8. The van der Waals surface area contributed by atoms with Gasteiger partial charge in [-0.05, 0) is 49.4 Å². The topological polar surface area (TPSA) is 42.1 Å². The molecular weight excluding hydrogens is 253 g/mol. The monoisotopic (exact) mass is 273 g/mol. The Hall–Kier alpha value is -1.78. The zero-order chi connectivity index (χ0) is 14.5. The van der Waals surface area contributed by atoms with Gasteiger partial charge in [0.1, 0.15) is 5.82 Å². The summed E-state index contributed by atoms with van der Waals surface area (Å²) in [4.78, 5) is 6.14. The zero-order valence-electron chi connectivity index (χ0n) is 11.8. The van der Waals surface area contributed by atoms with Gasteiger partial charge in [0.05, 0.1) is 0 Å². The Bertz CT molecular complexity index is 542. The summed E-state index contributed by atoms with van der Waals surface area (Å²) in [7, 11) is 2.00. The fourth-order valence-electron chi connectivity index (χ4n) is 2.52. The number of aromatic nitrogens is 1. The Morgan fingerprint density at radius 2 is 1.95 bits per heavy atom. The first-order chi connectivity index (χ1) is 9.58. The Labute approximate surface area is 119 Å². The van der Waals surface area contributed by atoms with E-state index in [1.165, 1.54) is 6.07 Å². The minimum atomic E-state index is -0.231. The Morgan fingerprint density at radius 1 is 1.25 bits per heavy atom. The van der Waals surface area contributed by atoms with Crippen LogP contribution in [0.2, 0.25) is 0 Å². The predicted molar refractivity (Wildman–Crippen MR) is 78.5 cm³/mol. The van der Waals surface area contributed by atoms with Gasteiger partial charge in [-0.2, -0.15) is 0 Å². The van der Waals surface area contributed by atoms with E-state index in [0.29, 0.717) is 0 Å². The molecule has 2 rings (SSSR count). The molecular formula is C16H20FN3. The average Bonchev–Trinajstić information content (AvgIpc) is 2.39. The maximum absolute atomic E-state index is 13.4. The normalized spacial score (nSPS) is 14.2. The van der Waals surface area contributed by atoms with Crippen molar-refractivity contribution in [2.45, 2.75) is 25.6 Å². The summed E-state index contributed by atoms with van der Waals surface area (Å²) in [6.07, 6.45) is 3.54. The first kappa shape index (κ1) is 14.6. The number of nitrogens with two attached hydrogens (primary N) is 1. The van der Waals surface area contributed by atoms with Crippen molar-refractivity contribution in [3.05, 3.63) is 65.7 Å². The summed E-state index contributed by atoms with van der Waals surface area (Å²) in [5.74, 6) is -0.231. The van der Waals surface area contributed by atoms with Crippen molar-refractivity contribution < 1.29 is 4.39 Å². The molecule has 3 nitrogen and oxygen atoms in total. The second-order valence-electron chi connectivity index (χ2n) is 5.13. The van der Waals surface area contributed by atoms with E-state index >= 15 is 0 Å². The molecule has 0 saturated carbocycles. The van der Waals surface area contributed by atoms with Gasteiger partial charge in [0.25, 0.3) is 0 Å². The quantitative estimate of drug-likeness (QED) is 0.911. The average molecular weight is 273 g/mol. The largest absolute Gasteiger partial charge is 0.326 e. The molecule has 0 aliphatic heterocycles. The lowest BCUT2D eigenvalue weighted by atomic mass is 9.99. The minimum absolute atomic E-state index is 0.0288. The lowest BCUT2D eigenvalue weighted by Crippen LogP contribution is -2.37. The van der Waals surface area contributed by atoms with Gasteiger partial charge in [-0.1, -0.05) is 12.1 Å². The maximum Gasteiger partial charge on any atom is 0.123 e. The van der Waals surface area contributed by atoms with Gasteiger partial charge in [-0.15, -0.1) is 0 Å². The Morgan fingerprint density at radius 3 is 2.55 bits per heavy atom. The fourth-order valence-corrected chi connectivity index (χ4v) is 2.52. The molecule has 0 bridgehead atoms. The van der Waals surface area contributed by atoms with Crippen LogP contribution in [0.25, 0.3) is 0 Å². The minimum Gasteiger partial charge on any atom is -0.326 e. The van der Waals surface area contributed by atoms with Gasteiger partial charge in [0.2, 0.25) is 0 Å². The van der Waals surface area contributed by atoms with Crippen LogP contribution in [-0.4, -0.2) is 23.0 Å². The molecule has 2 atom stereocenters. The van der Waals surface area contributed by atoms with Gasteiger partial charge in [-0.3, -0.25) is 9.88 Å². The molecule has 0 radical (unpaired) electrons. The van der Waals surface area contributed by atoms with E-state index in [1.54, 1.807) is 24.5 Å². The van der Waals surface area contributed by atoms with Crippen LogP contribution in [0.4, 0.5) is 4.39 Å². The number of benzene rings is 1. The molecule has 2 unspecified atom stereocenters. The summed E-state index contributed by atoms with van der Waals surface area (Å²) in [5, 5.41) is 0. The van der Waals surface area contributed by atoms with Gasteiger partial charge >= 0.3 is 0 Å². The molecule has 4 heteroatoms. The molecule has 0 saturated heterocycles. The predicted octanol–water partition coefficient (Wildman–Crippen LogP) is 2.74. The standard InChI is InChI=1S/C16H20FN3/c1-12(18)16(14-4-3-5-15(17)10-14)20(2)11-13-6-8-19-9-7-13/h3-10,12,16H,11,18H2,1-2H3. The van der Waals surface area contributed by atoms with Gasteiger partial charge < -0.3 is 5.73 Å². The second-order valence-corrected chi connectivity index (χ2v) is 5.13. The molecule has 0 aliphatic rings. The third-order valence-electron chi connectivity index (χ3n) is 3.34. The van der Waals surface area contributed by atoms with Crippen molar-refractivity contribution in [1.29, 1.82) is 0 Å². The molecule has 2 N–H and O–H groups in total. The van der Waals surface area contributed by atoms with Crippen LogP contribution in [0.1, 0.15) is 24.1 Å². The summed E-state index contributed by atoms with van der Waals surface area (Å²) in [6, 6.07) is 10.5. The van der Waals surface area contributed by atoms with E-state index < -0.39 is 0 Å². The number of halogens is 1. The van der Waals surface area contributed by atoms with Crippen LogP contribution in [0, 0.1) is 5.82 Å². The third kappa shape index (κ3) is 3.62. The van der Waals surface area contributed by atoms with Crippen molar-refractivity contribution >= 4 is 0 Å². The lowest BCUT2D eigenvalue weighted by molar-refractivity contribution is 0.210. The molecule has 20 heavy (non-hydrogen) atoms. The molecule has 1 aromatic carbocycles. The maximum atomic E-state index is 13.4. The van der Waals surface area contributed by atoms with E-state index in [-0.39, 0.29) is 17.9 Å². The number of hydrogen-bond acceptors (Lipinski definition) is 3. The number of nitrogens with zero attached hydrogens (tertiary/aromatic N) is 2. The van der Waals surface area contributed by atoms with E-state index in [0.717, 1.165) is 17.7 Å². The highest BCUT2D eigenvalue weighted by molar-refractivity contribution is 5.22. The van der Waals surface area contributed by atoms with Crippen molar-refractivity contribution in [2.24, 2.45) is 5.73 Å². The molecule has 0 amide bonds. The first-order valence-corrected chi connectivity index (χ1v) is 6.68. The van der Waals surface area contributed by atoms with E-state index in [4.69, 9.17) is 5.73 Å². The Balaban J connectivity index is 2.20. The summed E-state index contributed by atoms with van der Waals surface area (Å²) in [5.41, 5.74) is 8.15. The first-order valence-electron chi connectivity index (χ1n) is 6.68. The molecule has 0 spiro atoms. The van der Waals surface area contributed by atoms with Crippen LogP contribution in [0.15, 0.2) is 48.8 Å². The fraction of sp³-hybridized carbons (Fsp3) is 0.312. The third-order valence-corrected chi connectivity index (χ3v) is 3.34. The summed E-state index contributed by atoms with van der Waals surface area (Å²) >= 11 is 0. The molecule has 106 valence electrons. The smallest absolute Gasteiger partial charge is 0.123 e. The highest BCUT2D eigenvalue weighted by Crippen LogP contribution is 2.24. The molecule has 1 aromatic heterocycles. The number of hydrogen-bond donors (Lipinski definition) is 1. The van der Waals surface area contributed by atoms with Crippen LogP contribution < -0.4 is 5.73 Å². The Kier molecular flexibility index (Phi) is 4.82. The number of pyridine rings is 1. The van der Waals surface area contributed by atoms with Crippen LogP contribution in [0.5, 0.6) is 0 Å². The van der Waals surface area contributed by atoms with Crippen molar-refractivity contribution in [3.8, 4) is 0 Å². The van der Waals surface area contributed by atoms with Crippen molar-refractivity contribution in [2.75, 3.05) is 7.05 Å². The van der Waals surface area contributed by atoms with E-state index in [1.807, 2.05) is 32.2 Å². The lowest BCUT2D eigenvalue weighted by Gasteiger charge is -2.31. The van der Waals surface area contributed by atoms with Gasteiger partial charge in [0, 0.05) is 31.0 Å². The molecule has 0 fully saturated rings. The second kappa shape index (κ2) is 6.59. The highest BCUT2D eigenvalue weighted by Gasteiger charge is 2.21. The van der Waals surface area contributed by atoms with Crippen molar-refractivity contribution in [1.82, 2.24) is 9.88 Å². The van der Waals surface area contributed by atoms with Crippen molar-refractivity contribution in [3.63, 3.8) is 0 Å². The van der Waals surface area contributed by atoms with Crippen LogP contribution in [0.3, 0.4) is 0 Å². The number of likely N-dealkylation sites (N-methyl/N-ethyl adjacent to an activating group) is 1.